The normalized spacial score (nSPS) is 14.8. The van der Waals surface area contributed by atoms with Gasteiger partial charge in [0.1, 0.15) is 5.82 Å². The number of para-hydroxylation sites is 1. The monoisotopic (exact) mass is 405 g/mol. The number of piperazine rings is 1. The van der Waals surface area contributed by atoms with Crippen LogP contribution in [-0.2, 0) is 10.0 Å². The molecule has 2 aromatic rings. The molecule has 0 bridgehead atoms. The maximum Gasteiger partial charge on any atom is 0.253 e. The molecule has 0 aliphatic carbocycles. The van der Waals surface area contributed by atoms with Crippen molar-refractivity contribution in [2.45, 2.75) is 6.92 Å². The molecule has 0 radical (unpaired) electrons. The van der Waals surface area contributed by atoms with E-state index >= 15 is 0 Å². The number of benzene rings is 2. The zero-order valence-electron chi connectivity index (χ0n) is 16.0. The van der Waals surface area contributed by atoms with Crippen molar-refractivity contribution in [2.24, 2.45) is 0 Å². The van der Waals surface area contributed by atoms with Gasteiger partial charge in [0.05, 0.1) is 17.6 Å². The van der Waals surface area contributed by atoms with Crippen molar-refractivity contribution < 1.29 is 17.6 Å². The van der Waals surface area contributed by atoms with Crippen LogP contribution in [0.25, 0.3) is 0 Å². The summed E-state index contributed by atoms with van der Waals surface area (Å²) in [6, 6.07) is 13.2. The molecule has 0 spiro atoms. The molecule has 0 saturated carbocycles. The minimum absolute atomic E-state index is 0.109. The van der Waals surface area contributed by atoms with Crippen LogP contribution in [0.15, 0.2) is 48.5 Å². The number of anilines is 2. The van der Waals surface area contributed by atoms with Gasteiger partial charge in [0.15, 0.2) is 0 Å². The molecule has 2 aromatic carbocycles. The Bertz CT molecular complexity index is 939. The molecule has 1 amide bonds. The van der Waals surface area contributed by atoms with Crippen LogP contribution in [0.4, 0.5) is 15.8 Å². The summed E-state index contributed by atoms with van der Waals surface area (Å²) < 4.78 is 38.9. The lowest BCUT2D eigenvalue weighted by atomic mass is 10.1. The van der Waals surface area contributed by atoms with Crippen LogP contribution in [0, 0.1) is 5.82 Å². The van der Waals surface area contributed by atoms with E-state index in [1.807, 2.05) is 4.90 Å². The van der Waals surface area contributed by atoms with Crippen LogP contribution in [0.2, 0.25) is 0 Å². The van der Waals surface area contributed by atoms with Gasteiger partial charge in [-0.1, -0.05) is 12.1 Å². The molecule has 1 aliphatic rings. The summed E-state index contributed by atoms with van der Waals surface area (Å²) in [5.74, 6) is -0.369. The van der Waals surface area contributed by atoms with Gasteiger partial charge in [-0.15, -0.1) is 0 Å². The summed E-state index contributed by atoms with van der Waals surface area (Å²) in [7, 11) is -3.36. The molecule has 0 atom stereocenters. The fourth-order valence-electron chi connectivity index (χ4n) is 3.42. The van der Waals surface area contributed by atoms with Crippen molar-refractivity contribution in [3.63, 3.8) is 0 Å². The molecular weight excluding hydrogens is 381 g/mol. The molecule has 0 aromatic heterocycles. The second-order valence-corrected chi connectivity index (χ2v) is 8.61. The average molecular weight is 405 g/mol. The number of carbonyl (C=O) groups is 1. The highest BCUT2D eigenvalue weighted by Gasteiger charge is 2.24. The van der Waals surface area contributed by atoms with Gasteiger partial charge < -0.3 is 9.80 Å². The second kappa shape index (κ2) is 8.18. The minimum atomic E-state index is -3.36. The molecule has 8 heteroatoms. The van der Waals surface area contributed by atoms with Crippen LogP contribution >= 0.6 is 0 Å². The first kappa shape index (κ1) is 20.1. The Morgan fingerprint density at radius 3 is 2.18 bits per heavy atom. The number of halogens is 1. The van der Waals surface area contributed by atoms with E-state index in [-0.39, 0.29) is 11.7 Å². The maximum absolute atomic E-state index is 13.9. The fraction of sp³-hybridized carbons (Fsp3) is 0.350. The molecule has 3 rings (SSSR count). The van der Waals surface area contributed by atoms with Crippen molar-refractivity contribution in [1.29, 1.82) is 0 Å². The van der Waals surface area contributed by atoms with E-state index in [0.717, 1.165) is 6.26 Å². The first-order valence-electron chi connectivity index (χ1n) is 9.18. The Hall–Kier alpha value is -2.61. The molecule has 1 saturated heterocycles. The molecule has 0 unspecified atom stereocenters. The molecule has 150 valence electrons. The van der Waals surface area contributed by atoms with Gasteiger partial charge in [0.25, 0.3) is 5.91 Å². The van der Waals surface area contributed by atoms with Crippen molar-refractivity contribution in [1.82, 2.24) is 4.90 Å². The van der Waals surface area contributed by atoms with E-state index in [2.05, 4.69) is 0 Å². The number of hydrogen-bond acceptors (Lipinski definition) is 4. The van der Waals surface area contributed by atoms with Crippen LogP contribution in [0.5, 0.6) is 0 Å². The Kier molecular flexibility index (Phi) is 5.88. The third-order valence-electron chi connectivity index (χ3n) is 4.85. The third kappa shape index (κ3) is 4.27. The Morgan fingerprint density at radius 2 is 1.64 bits per heavy atom. The van der Waals surface area contributed by atoms with Crippen molar-refractivity contribution in [3.8, 4) is 0 Å². The van der Waals surface area contributed by atoms with Crippen LogP contribution in [-0.4, -0.2) is 58.2 Å². The average Bonchev–Trinajstić information content (AvgIpc) is 2.68. The number of sulfonamides is 1. The second-order valence-electron chi connectivity index (χ2n) is 6.71. The summed E-state index contributed by atoms with van der Waals surface area (Å²) in [6.45, 7) is 4.20. The summed E-state index contributed by atoms with van der Waals surface area (Å²) in [5, 5.41) is 0. The van der Waals surface area contributed by atoms with E-state index in [0.29, 0.717) is 49.7 Å². The van der Waals surface area contributed by atoms with Crippen LogP contribution in [0.3, 0.4) is 0 Å². The number of carbonyl (C=O) groups excluding carboxylic acids is 1. The highest BCUT2D eigenvalue weighted by atomic mass is 32.2. The van der Waals surface area contributed by atoms with E-state index in [1.54, 1.807) is 54.3 Å². The highest BCUT2D eigenvalue weighted by molar-refractivity contribution is 7.92. The lowest BCUT2D eigenvalue weighted by Crippen LogP contribution is -2.49. The summed E-state index contributed by atoms with van der Waals surface area (Å²) in [6.07, 6.45) is 1.16. The van der Waals surface area contributed by atoms with E-state index in [9.17, 15) is 17.6 Å². The SMILES string of the molecule is CCN(c1ccc(C(=O)N2CCN(c3ccccc3F)CC2)cc1)S(C)(=O)=O. The van der Waals surface area contributed by atoms with Crippen LogP contribution < -0.4 is 9.21 Å². The standard InChI is InChI=1S/C20H24FN3O3S/c1-3-24(28(2,26)27)17-10-8-16(9-11-17)20(25)23-14-12-22(13-15-23)19-7-5-4-6-18(19)21/h4-11H,3,12-15H2,1-2H3. The highest BCUT2D eigenvalue weighted by Crippen LogP contribution is 2.22. The zero-order chi connectivity index (χ0) is 20.3. The number of amides is 1. The third-order valence-corrected chi connectivity index (χ3v) is 6.12. The van der Waals surface area contributed by atoms with Gasteiger partial charge in [0, 0.05) is 38.3 Å². The largest absolute Gasteiger partial charge is 0.366 e. The van der Waals surface area contributed by atoms with Gasteiger partial charge in [-0.05, 0) is 43.3 Å². The van der Waals surface area contributed by atoms with Gasteiger partial charge >= 0.3 is 0 Å². The van der Waals surface area contributed by atoms with Gasteiger partial charge in [-0.2, -0.15) is 0 Å². The quantitative estimate of drug-likeness (QED) is 0.767. The topological polar surface area (TPSA) is 60.9 Å². The van der Waals surface area contributed by atoms with Gasteiger partial charge in [-0.3, -0.25) is 9.10 Å². The zero-order valence-corrected chi connectivity index (χ0v) is 16.8. The van der Waals surface area contributed by atoms with E-state index in [1.165, 1.54) is 10.4 Å². The molecule has 1 fully saturated rings. The smallest absolute Gasteiger partial charge is 0.253 e. The first-order valence-corrected chi connectivity index (χ1v) is 11.0. The number of hydrogen-bond donors (Lipinski definition) is 0. The maximum atomic E-state index is 13.9. The van der Waals surface area contributed by atoms with E-state index in [4.69, 9.17) is 0 Å². The van der Waals surface area contributed by atoms with Crippen molar-refractivity contribution in [2.75, 3.05) is 48.2 Å². The van der Waals surface area contributed by atoms with Gasteiger partial charge in [-0.25, -0.2) is 12.8 Å². The predicted octanol–water partition coefficient (Wildman–Crippen LogP) is 2.57. The molecule has 1 aliphatic heterocycles. The predicted molar refractivity (Wildman–Crippen MR) is 109 cm³/mol. The lowest BCUT2D eigenvalue weighted by molar-refractivity contribution is 0.0746. The Labute approximate surface area is 165 Å². The lowest BCUT2D eigenvalue weighted by Gasteiger charge is -2.36. The first-order chi connectivity index (χ1) is 13.3. The van der Waals surface area contributed by atoms with Gasteiger partial charge in [0.2, 0.25) is 10.0 Å². The molecule has 6 nitrogen and oxygen atoms in total. The Morgan fingerprint density at radius 1 is 1.04 bits per heavy atom. The van der Waals surface area contributed by atoms with Crippen molar-refractivity contribution in [3.05, 3.63) is 59.9 Å². The summed E-state index contributed by atoms with van der Waals surface area (Å²) in [5.41, 5.74) is 1.60. The van der Waals surface area contributed by atoms with E-state index < -0.39 is 10.0 Å². The summed E-state index contributed by atoms with van der Waals surface area (Å²) >= 11 is 0. The summed E-state index contributed by atoms with van der Waals surface area (Å²) in [4.78, 5) is 16.4. The molecule has 1 heterocycles. The number of rotatable bonds is 5. The molecule has 28 heavy (non-hydrogen) atoms. The molecule has 0 N–H and O–H groups in total. The fourth-order valence-corrected chi connectivity index (χ4v) is 4.39. The van der Waals surface area contributed by atoms with Crippen molar-refractivity contribution >= 4 is 27.3 Å². The molecular formula is C20H24FN3O3S. The number of nitrogens with zero attached hydrogens (tertiary/aromatic N) is 3. The Balaban J connectivity index is 1.66. The minimum Gasteiger partial charge on any atom is -0.366 e. The van der Waals surface area contributed by atoms with Crippen LogP contribution in [0.1, 0.15) is 17.3 Å².